The van der Waals surface area contributed by atoms with Gasteiger partial charge in [-0.25, -0.2) is 0 Å². The molecule has 1 aliphatic rings. The summed E-state index contributed by atoms with van der Waals surface area (Å²) in [6.07, 6.45) is 3.60. The molecule has 1 atom stereocenters. The topological polar surface area (TPSA) is 66.8 Å². The molecule has 1 amide bonds. The van der Waals surface area contributed by atoms with Crippen molar-refractivity contribution in [3.8, 4) is 6.07 Å². The molecule has 0 radical (unpaired) electrons. The van der Waals surface area contributed by atoms with Gasteiger partial charge in [0.25, 0.3) is 5.91 Å². The van der Waals surface area contributed by atoms with Gasteiger partial charge in [0.2, 0.25) is 0 Å². The Bertz CT molecular complexity index is 1030. The number of amides is 1. The van der Waals surface area contributed by atoms with Gasteiger partial charge in [0.15, 0.2) is 0 Å². The van der Waals surface area contributed by atoms with E-state index in [1.165, 1.54) is 0 Å². The van der Waals surface area contributed by atoms with Crippen LogP contribution in [0.1, 0.15) is 66.6 Å². The number of carbonyl (C=O) groups excluding carboxylic acids is 1. The van der Waals surface area contributed by atoms with E-state index in [4.69, 9.17) is 0 Å². The quantitative estimate of drug-likeness (QED) is 0.546. The van der Waals surface area contributed by atoms with Crippen LogP contribution >= 0.6 is 0 Å². The summed E-state index contributed by atoms with van der Waals surface area (Å²) in [5, 5.41) is 14.3. The Kier molecular flexibility index (Phi) is 6.21. The molecule has 0 saturated carbocycles. The Morgan fingerprint density at radius 2 is 2.00 bits per heavy atom. The largest absolute Gasteiger partial charge is 0.348 e. The summed E-state index contributed by atoms with van der Waals surface area (Å²) in [4.78, 5) is 15.2. The molecule has 0 spiro atoms. The zero-order valence-corrected chi connectivity index (χ0v) is 19.3. The minimum atomic E-state index is -0.184. The van der Waals surface area contributed by atoms with Crippen LogP contribution in [0.4, 0.5) is 0 Å². The molecule has 1 saturated heterocycles. The maximum Gasteiger partial charge on any atom is 0.265 e. The first kappa shape index (κ1) is 21.9. The lowest BCUT2D eigenvalue weighted by Crippen LogP contribution is -2.32. The number of aryl methyl sites for hydroxylation is 3. The molecule has 160 valence electrons. The summed E-state index contributed by atoms with van der Waals surface area (Å²) in [7, 11) is 1.93. The van der Waals surface area contributed by atoms with E-state index in [1.54, 1.807) is 6.08 Å². The summed E-state index contributed by atoms with van der Waals surface area (Å²) in [5.41, 5.74) is 6.55. The van der Waals surface area contributed by atoms with Crippen LogP contribution < -0.4 is 0 Å². The highest BCUT2D eigenvalue weighted by Gasteiger charge is 2.34. The molecule has 0 aliphatic carbocycles. The first-order chi connectivity index (χ1) is 14.1. The molecular formula is C24H33N5O. The fraction of sp³-hybridized carbons (Fsp3) is 0.542. The molecule has 1 aliphatic heterocycles. The van der Waals surface area contributed by atoms with Crippen molar-refractivity contribution in [2.24, 2.45) is 13.0 Å². The van der Waals surface area contributed by atoms with Gasteiger partial charge < -0.3 is 9.47 Å². The molecule has 0 bridgehead atoms. The molecule has 3 heterocycles. The van der Waals surface area contributed by atoms with Crippen LogP contribution in [0.25, 0.3) is 6.08 Å². The van der Waals surface area contributed by atoms with E-state index in [0.717, 1.165) is 53.3 Å². The fourth-order valence-corrected chi connectivity index (χ4v) is 4.65. The summed E-state index contributed by atoms with van der Waals surface area (Å²) in [6, 6.07) is 4.22. The van der Waals surface area contributed by atoms with Gasteiger partial charge in [-0.05, 0) is 64.2 Å². The van der Waals surface area contributed by atoms with E-state index in [0.29, 0.717) is 12.5 Å². The van der Waals surface area contributed by atoms with Gasteiger partial charge in [-0.3, -0.25) is 9.48 Å². The number of likely N-dealkylation sites (tertiary alicyclic amines) is 1. The van der Waals surface area contributed by atoms with Crippen LogP contribution in [-0.2, 0) is 18.4 Å². The van der Waals surface area contributed by atoms with Crippen molar-refractivity contribution in [2.45, 2.75) is 67.0 Å². The van der Waals surface area contributed by atoms with E-state index in [2.05, 4.69) is 49.5 Å². The summed E-state index contributed by atoms with van der Waals surface area (Å²) < 4.78 is 4.13. The molecule has 6 nitrogen and oxygen atoms in total. The van der Waals surface area contributed by atoms with E-state index in [-0.39, 0.29) is 17.5 Å². The molecule has 0 N–H and O–H groups in total. The van der Waals surface area contributed by atoms with E-state index in [1.807, 2.05) is 30.5 Å². The average Bonchev–Trinajstić information content (AvgIpc) is 3.32. The maximum atomic E-state index is 13.4. The Labute approximate surface area is 179 Å². The highest BCUT2D eigenvalue weighted by molar-refractivity contribution is 6.02. The van der Waals surface area contributed by atoms with Gasteiger partial charge in [0.1, 0.15) is 11.6 Å². The van der Waals surface area contributed by atoms with Gasteiger partial charge in [-0.15, -0.1) is 0 Å². The third kappa shape index (κ3) is 3.94. The van der Waals surface area contributed by atoms with Crippen LogP contribution in [0.3, 0.4) is 0 Å². The second kappa shape index (κ2) is 8.51. The minimum absolute atomic E-state index is 0.0173. The lowest BCUT2D eigenvalue weighted by molar-refractivity contribution is -0.127. The fourth-order valence-electron chi connectivity index (χ4n) is 4.65. The number of hydrogen-bond acceptors (Lipinski definition) is 3. The first-order valence-electron chi connectivity index (χ1n) is 10.7. The normalized spacial score (nSPS) is 17.1. The number of aromatic nitrogens is 3. The summed E-state index contributed by atoms with van der Waals surface area (Å²) >= 11 is 0. The monoisotopic (exact) mass is 407 g/mol. The second-order valence-electron chi connectivity index (χ2n) is 8.87. The Morgan fingerprint density at radius 1 is 1.30 bits per heavy atom. The van der Waals surface area contributed by atoms with Crippen molar-refractivity contribution >= 4 is 12.0 Å². The van der Waals surface area contributed by atoms with Crippen molar-refractivity contribution in [3.05, 3.63) is 45.5 Å². The molecule has 30 heavy (non-hydrogen) atoms. The molecule has 6 heteroatoms. The Balaban J connectivity index is 1.94. The molecule has 2 aromatic rings. The van der Waals surface area contributed by atoms with E-state index in [9.17, 15) is 10.1 Å². The van der Waals surface area contributed by atoms with Crippen LogP contribution in [0.5, 0.6) is 0 Å². The van der Waals surface area contributed by atoms with Crippen molar-refractivity contribution in [2.75, 3.05) is 6.54 Å². The molecule has 0 aromatic carbocycles. The number of nitriles is 1. The molecule has 2 aromatic heterocycles. The molecule has 1 unspecified atom stereocenters. The second-order valence-corrected chi connectivity index (χ2v) is 8.87. The predicted octanol–water partition coefficient (Wildman–Crippen LogP) is 4.38. The lowest BCUT2D eigenvalue weighted by Gasteiger charge is -2.25. The first-order valence-corrected chi connectivity index (χ1v) is 10.7. The van der Waals surface area contributed by atoms with Crippen molar-refractivity contribution in [3.63, 3.8) is 0 Å². The smallest absolute Gasteiger partial charge is 0.265 e. The van der Waals surface area contributed by atoms with Gasteiger partial charge in [-0.2, -0.15) is 10.4 Å². The van der Waals surface area contributed by atoms with Crippen molar-refractivity contribution < 1.29 is 4.79 Å². The Hall–Kier alpha value is -2.81. The standard InChI is InChI=1S/C24H33N5O/c1-15(2)14-29-16(3)11-20(18(29)5)12-21(13-25)24(30)28-10-8-9-22(28)23-17(4)26-27(7)19(23)6/h11-12,15,22H,8-10,14H2,1-7H3/b21-12-. The van der Waals surface area contributed by atoms with Crippen molar-refractivity contribution in [1.29, 1.82) is 5.26 Å². The number of hydrogen-bond donors (Lipinski definition) is 0. The molecule has 1 fully saturated rings. The number of carbonyl (C=O) groups is 1. The summed E-state index contributed by atoms with van der Waals surface area (Å²) in [5.74, 6) is 0.344. The van der Waals surface area contributed by atoms with Gasteiger partial charge in [0, 0.05) is 42.8 Å². The van der Waals surface area contributed by atoms with Crippen LogP contribution in [0.2, 0.25) is 0 Å². The third-order valence-corrected chi connectivity index (χ3v) is 6.22. The zero-order chi connectivity index (χ0) is 22.2. The Morgan fingerprint density at radius 3 is 2.57 bits per heavy atom. The van der Waals surface area contributed by atoms with Gasteiger partial charge in [0.05, 0.1) is 11.7 Å². The van der Waals surface area contributed by atoms with Crippen LogP contribution in [0, 0.1) is 44.9 Å². The average molecular weight is 408 g/mol. The van der Waals surface area contributed by atoms with Gasteiger partial charge in [-0.1, -0.05) is 13.8 Å². The van der Waals surface area contributed by atoms with Crippen molar-refractivity contribution in [1.82, 2.24) is 19.2 Å². The van der Waals surface area contributed by atoms with E-state index >= 15 is 0 Å². The lowest BCUT2D eigenvalue weighted by atomic mass is 10.0. The third-order valence-electron chi connectivity index (χ3n) is 6.22. The van der Waals surface area contributed by atoms with Crippen LogP contribution in [0.15, 0.2) is 11.6 Å². The predicted molar refractivity (Wildman–Crippen MR) is 119 cm³/mol. The number of nitrogens with zero attached hydrogens (tertiary/aromatic N) is 5. The van der Waals surface area contributed by atoms with Crippen LogP contribution in [-0.4, -0.2) is 31.7 Å². The maximum absolute atomic E-state index is 13.4. The molecular weight excluding hydrogens is 374 g/mol. The van der Waals surface area contributed by atoms with Gasteiger partial charge >= 0.3 is 0 Å². The van der Waals surface area contributed by atoms with E-state index < -0.39 is 0 Å². The highest BCUT2D eigenvalue weighted by Crippen LogP contribution is 2.36. The summed E-state index contributed by atoms with van der Waals surface area (Å²) in [6.45, 7) is 14.1. The zero-order valence-electron chi connectivity index (χ0n) is 19.3. The minimum Gasteiger partial charge on any atom is -0.348 e. The highest BCUT2D eigenvalue weighted by atomic mass is 16.2. The molecule has 3 rings (SSSR count). The SMILES string of the molecule is Cc1nn(C)c(C)c1C1CCCN1C(=O)/C(C#N)=C\c1cc(C)n(CC(C)C)c1C. The number of rotatable bonds is 5.